The van der Waals surface area contributed by atoms with Crippen molar-refractivity contribution in [2.45, 2.75) is 6.05 Å². The number of piperazine rings is 1. The van der Waals surface area contributed by atoms with Crippen LogP contribution in [0.3, 0.4) is 0 Å². The summed E-state index contributed by atoms with van der Waals surface area (Å²) in [5, 5.41) is 0. The van der Waals surface area contributed by atoms with Crippen molar-refractivity contribution in [2.75, 3.05) is 33.2 Å². The van der Waals surface area contributed by atoms with E-state index in [1.54, 1.807) is 0 Å². The van der Waals surface area contributed by atoms with E-state index in [1.807, 2.05) is 11.9 Å². The highest BCUT2D eigenvalue weighted by Crippen LogP contribution is 2.28. The van der Waals surface area contributed by atoms with Crippen molar-refractivity contribution in [1.82, 2.24) is 9.80 Å². The van der Waals surface area contributed by atoms with Gasteiger partial charge in [0, 0.05) is 26.2 Å². The molecular weight excluding hydrogens is 181 g/mol. The second kappa shape index (κ2) is 3.67. The van der Waals surface area contributed by atoms with Gasteiger partial charge in [-0.05, 0) is 7.05 Å². The van der Waals surface area contributed by atoms with E-state index in [0.717, 1.165) is 4.90 Å². The van der Waals surface area contributed by atoms with E-state index in [0.29, 0.717) is 13.1 Å². The summed E-state index contributed by atoms with van der Waals surface area (Å²) in [6.45, 7) is 4.06. The molecule has 0 radical (unpaired) electrons. The third kappa shape index (κ3) is 2.22. The fraction of sp³-hybridized carbons (Fsp3) is 0.750. The van der Waals surface area contributed by atoms with Crippen molar-refractivity contribution in [1.29, 1.82) is 0 Å². The van der Waals surface area contributed by atoms with E-state index in [9.17, 15) is 13.2 Å². The first-order chi connectivity index (χ1) is 5.94. The van der Waals surface area contributed by atoms with E-state index < -0.39 is 11.9 Å². The van der Waals surface area contributed by atoms with Gasteiger partial charge in [0.25, 0.3) is 0 Å². The summed E-state index contributed by atoms with van der Waals surface area (Å²) in [5.41, 5.74) is 0. The lowest BCUT2D eigenvalue weighted by atomic mass is 10.3. The maximum atomic E-state index is 13.0. The van der Waals surface area contributed by atoms with Crippen LogP contribution in [0.5, 0.6) is 0 Å². The molecule has 1 heterocycles. The molecule has 1 rings (SSSR count). The minimum absolute atomic E-state index is 0.173. The number of likely N-dealkylation sites (N-methyl/N-ethyl adjacent to an activating group) is 1. The molecule has 2 nitrogen and oxygen atoms in total. The quantitative estimate of drug-likeness (QED) is 0.611. The molecule has 5 heteroatoms. The van der Waals surface area contributed by atoms with Crippen LogP contribution in [0, 0.1) is 0 Å². The smallest absolute Gasteiger partial charge is 0.304 e. The van der Waals surface area contributed by atoms with E-state index >= 15 is 0 Å². The maximum Gasteiger partial charge on any atom is 0.357 e. The molecule has 0 amide bonds. The fourth-order valence-electron chi connectivity index (χ4n) is 1.26. The molecule has 76 valence electrons. The van der Waals surface area contributed by atoms with Gasteiger partial charge in [0.1, 0.15) is 0 Å². The van der Waals surface area contributed by atoms with Crippen LogP contribution in [-0.4, -0.2) is 49.1 Å². The summed E-state index contributed by atoms with van der Waals surface area (Å²) >= 11 is 0. The number of hydrogen-bond donors (Lipinski definition) is 0. The van der Waals surface area contributed by atoms with E-state index in [4.69, 9.17) is 0 Å². The summed E-state index contributed by atoms with van der Waals surface area (Å²) < 4.78 is 38.3. The molecule has 1 aliphatic heterocycles. The standard InChI is InChI=1S/C8H13F3N2/c1-7(9)8(10,11)13-5-3-12(2)4-6-13/h1,3-6H2,2H3. The Morgan fingerprint density at radius 2 is 1.69 bits per heavy atom. The lowest BCUT2D eigenvalue weighted by Crippen LogP contribution is -2.52. The molecular formula is C8H13F3N2. The summed E-state index contributed by atoms with van der Waals surface area (Å²) in [6.07, 6.45) is 0. The van der Waals surface area contributed by atoms with E-state index in [1.165, 1.54) is 0 Å². The second-order valence-corrected chi connectivity index (χ2v) is 3.24. The van der Waals surface area contributed by atoms with Crippen molar-refractivity contribution >= 4 is 0 Å². The van der Waals surface area contributed by atoms with Crippen LogP contribution in [0.25, 0.3) is 0 Å². The summed E-state index contributed by atoms with van der Waals surface area (Å²) in [4.78, 5) is 2.74. The van der Waals surface area contributed by atoms with Gasteiger partial charge >= 0.3 is 6.05 Å². The lowest BCUT2D eigenvalue weighted by molar-refractivity contribution is -0.139. The Kier molecular flexibility index (Phi) is 2.98. The van der Waals surface area contributed by atoms with Crippen molar-refractivity contribution in [2.24, 2.45) is 0 Å². The predicted octanol–water partition coefficient (Wildman–Crippen LogP) is 1.31. The molecule has 0 aliphatic carbocycles. The topological polar surface area (TPSA) is 6.48 Å². The van der Waals surface area contributed by atoms with E-state index in [2.05, 4.69) is 6.58 Å². The molecule has 1 saturated heterocycles. The normalized spacial score (nSPS) is 21.8. The maximum absolute atomic E-state index is 13.0. The summed E-state index contributed by atoms with van der Waals surface area (Å²) in [6, 6.07) is -3.50. The Morgan fingerprint density at radius 3 is 2.08 bits per heavy atom. The average Bonchev–Trinajstić information content (AvgIpc) is 2.04. The van der Waals surface area contributed by atoms with Crippen molar-refractivity contribution in [3.8, 4) is 0 Å². The number of rotatable bonds is 2. The van der Waals surface area contributed by atoms with Gasteiger partial charge in [0.05, 0.1) is 0 Å². The number of alkyl halides is 2. The summed E-state index contributed by atoms with van der Waals surface area (Å²) in [5.74, 6) is -1.57. The third-order valence-corrected chi connectivity index (χ3v) is 2.23. The highest BCUT2D eigenvalue weighted by Gasteiger charge is 2.41. The highest BCUT2D eigenvalue weighted by molar-refractivity contribution is 4.97. The molecule has 0 bridgehead atoms. The first-order valence-corrected chi connectivity index (χ1v) is 4.11. The van der Waals surface area contributed by atoms with Gasteiger partial charge in [0.15, 0.2) is 5.83 Å². The van der Waals surface area contributed by atoms with Crippen molar-refractivity contribution in [3.63, 3.8) is 0 Å². The zero-order chi connectivity index (χ0) is 10.1. The molecule has 1 fully saturated rings. The first kappa shape index (κ1) is 10.5. The van der Waals surface area contributed by atoms with Crippen LogP contribution in [0.2, 0.25) is 0 Å². The van der Waals surface area contributed by atoms with Gasteiger partial charge in [-0.15, -0.1) is 0 Å². The summed E-state index contributed by atoms with van der Waals surface area (Å²) in [7, 11) is 1.85. The van der Waals surface area contributed by atoms with Crippen molar-refractivity contribution < 1.29 is 13.2 Å². The third-order valence-electron chi connectivity index (χ3n) is 2.23. The van der Waals surface area contributed by atoms with Crippen LogP contribution < -0.4 is 0 Å². The van der Waals surface area contributed by atoms with E-state index in [-0.39, 0.29) is 13.1 Å². The number of halogens is 3. The Hall–Kier alpha value is -0.550. The largest absolute Gasteiger partial charge is 0.357 e. The minimum Gasteiger partial charge on any atom is -0.304 e. The monoisotopic (exact) mass is 194 g/mol. The Labute approximate surface area is 75.6 Å². The Balaban J connectivity index is 2.58. The lowest BCUT2D eigenvalue weighted by Gasteiger charge is -2.36. The van der Waals surface area contributed by atoms with Gasteiger partial charge < -0.3 is 4.90 Å². The Bertz CT molecular complexity index is 198. The molecule has 0 N–H and O–H groups in total. The van der Waals surface area contributed by atoms with Gasteiger partial charge in [-0.3, -0.25) is 0 Å². The van der Waals surface area contributed by atoms with Crippen LogP contribution in [-0.2, 0) is 0 Å². The molecule has 0 aromatic heterocycles. The number of nitrogens with zero attached hydrogens (tertiary/aromatic N) is 2. The van der Waals surface area contributed by atoms with Crippen LogP contribution in [0.15, 0.2) is 12.4 Å². The first-order valence-electron chi connectivity index (χ1n) is 4.11. The highest BCUT2D eigenvalue weighted by atomic mass is 19.3. The number of hydrogen-bond acceptors (Lipinski definition) is 2. The fourth-order valence-corrected chi connectivity index (χ4v) is 1.26. The molecule has 0 unspecified atom stereocenters. The van der Waals surface area contributed by atoms with Crippen LogP contribution in [0.4, 0.5) is 13.2 Å². The van der Waals surface area contributed by atoms with Gasteiger partial charge in [-0.1, -0.05) is 6.58 Å². The zero-order valence-electron chi connectivity index (χ0n) is 7.56. The molecule has 0 aromatic carbocycles. The molecule has 0 spiro atoms. The van der Waals surface area contributed by atoms with Gasteiger partial charge in [-0.25, -0.2) is 9.29 Å². The zero-order valence-corrected chi connectivity index (χ0v) is 7.56. The molecule has 0 saturated carbocycles. The minimum atomic E-state index is -3.50. The molecule has 13 heavy (non-hydrogen) atoms. The SMILES string of the molecule is C=C(F)C(F)(F)N1CCN(C)CC1. The predicted molar refractivity (Wildman–Crippen MR) is 44.3 cm³/mol. The van der Waals surface area contributed by atoms with Crippen molar-refractivity contribution in [3.05, 3.63) is 12.4 Å². The van der Waals surface area contributed by atoms with Crippen LogP contribution in [0.1, 0.15) is 0 Å². The van der Waals surface area contributed by atoms with Crippen LogP contribution >= 0.6 is 0 Å². The second-order valence-electron chi connectivity index (χ2n) is 3.24. The van der Waals surface area contributed by atoms with Gasteiger partial charge in [-0.2, -0.15) is 8.78 Å². The Morgan fingerprint density at radius 1 is 1.23 bits per heavy atom. The molecule has 0 aromatic rings. The molecule has 0 atom stereocenters. The van der Waals surface area contributed by atoms with Gasteiger partial charge in [0.2, 0.25) is 0 Å². The molecule has 1 aliphatic rings. The average molecular weight is 194 g/mol.